The van der Waals surface area contributed by atoms with E-state index < -0.39 is 30.7 Å². The molecule has 0 bridgehead atoms. The monoisotopic (exact) mass is 192 g/mol. The largest absolute Gasteiger partial charge is 0.388 e. The van der Waals surface area contributed by atoms with Gasteiger partial charge in [-0.25, -0.2) is 0 Å². The minimum Gasteiger partial charge on any atom is -0.388 e. The number of hydrogen-bond donors (Lipinski definition) is 2. The summed E-state index contributed by atoms with van der Waals surface area (Å²) in [6, 6.07) is 0. The maximum Gasteiger partial charge on any atom is 0.184 e. The Morgan fingerprint density at radius 1 is 1.08 bits per heavy atom. The molecule has 1 heterocycles. The van der Waals surface area contributed by atoms with Gasteiger partial charge >= 0.3 is 0 Å². The zero-order valence-corrected chi connectivity index (χ0v) is 8.01. The Bertz CT molecular complexity index is 163. The van der Waals surface area contributed by atoms with E-state index in [4.69, 9.17) is 14.2 Å². The zero-order valence-electron chi connectivity index (χ0n) is 8.01. The van der Waals surface area contributed by atoms with Crippen molar-refractivity contribution in [2.24, 2.45) is 0 Å². The number of ether oxygens (including phenoxy) is 3. The van der Waals surface area contributed by atoms with Gasteiger partial charge in [0.15, 0.2) is 6.29 Å². The first-order chi connectivity index (χ1) is 6.11. The molecule has 0 unspecified atom stereocenters. The van der Waals surface area contributed by atoms with Gasteiger partial charge in [-0.05, 0) is 6.92 Å². The van der Waals surface area contributed by atoms with E-state index in [2.05, 4.69) is 0 Å². The molecule has 78 valence electrons. The molecule has 1 fully saturated rings. The second kappa shape index (κ2) is 4.34. The van der Waals surface area contributed by atoms with E-state index in [1.165, 1.54) is 14.2 Å². The van der Waals surface area contributed by atoms with Gasteiger partial charge in [-0.15, -0.1) is 0 Å². The number of hydrogen-bond acceptors (Lipinski definition) is 5. The molecule has 0 radical (unpaired) electrons. The first-order valence-corrected chi connectivity index (χ1v) is 4.19. The zero-order chi connectivity index (χ0) is 10.0. The van der Waals surface area contributed by atoms with Crippen LogP contribution in [0.4, 0.5) is 0 Å². The number of methoxy groups -OCH3 is 2. The van der Waals surface area contributed by atoms with Crippen molar-refractivity contribution >= 4 is 0 Å². The summed E-state index contributed by atoms with van der Waals surface area (Å²) in [6.45, 7) is 1.67. The van der Waals surface area contributed by atoms with Crippen LogP contribution in [0.3, 0.4) is 0 Å². The van der Waals surface area contributed by atoms with Crippen LogP contribution in [-0.4, -0.2) is 55.1 Å². The predicted octanol–water partition coefficient (Wildman–Crippen LogP) is -0.886. The van der Waals surface area contributed by atoms with Crippen LogP contribution in [0.2, 0.25) is 0 Å². The Labute approximate surface area is 77.2 Å². The molecule has 0 saturated carbocycles. The van der Waals surface area contributed by atoms with Crippen molar-refractivity contribution in [2.45, 2.75) is 37.6 Å². The first-order valence-electron chi connectivity index (χ1n) is 4.19. The van der Waals surface area contributed by atoms with Crippen molar-refractivity contribution in [3.8, 4) is 0 Å². The highest BCUT2D eigenvalue weighted by Gasteiger charge is 2.43. The van der Waals surface area contributed by atoms with Gasteiger partial charge in [0, 0.05) is 14.2 Å². The van der Waals surface area contributed by atoms with Crippen LogP contribution in [-0.2, 0) is 14.2 Å². The van der Waals surface area contributed by atoms with E-state index >= 15 is 0 Å². The Hall–Kier alpha value is -0.200. The maximum absolute atomic E-state index is 9.62. The van der Waals surface area contributed by atoms with Gasteiger partial charge in [-0.1, -0.05) is 0 Å². The standard InChI is InChI=1S/C8H16O5/c1-4-5(9)6(11-2)7(12-3)8(10)13-4/h4-10H,1-3H3/t4-,5+,6+,7-,8-/m1/s1. The molecule has 1 aliphatic rings. The quantitative estimate of drug-likeness (QED) is 0.594. The third kappa shape index (κ3) is 2.00. The Balaban J connectivity index is 2.71. The molecule has 5 heteroatoms. The smallest absolute Gasteiger partial charge is 0.184 e. The summed E-state index contributed by atoms with van der Waals surface area (Å²) in [5.74, 6) is 0. The summed E-state index contributed by atoms with van der Waals surface area (Å²) in [7, 11) is 2.90. The molecule has 0 spiro atoms. The minimum atomic E-state index is -1.05. The molecule has 0 amide bonds. The molecule has 0 aliphatic carbocycles. The number of rotatable bonds is 2. The Morgan fingerprint density at radius 2 is 1.62 bits per heavy atom. The van der Waals surface area contributed by atoms with Crippen molar-refractivity contribution in [1.82, 2.24) is 0 Å². The van der Waals surface area contributed by atoms with Crippen molar-refractivity contribution in [2.75, 3.05) is 14.2 Å². The van der Waals surface area contributed by atoms with Gasteiger partial charge in [0.25, 0.3) is 0 Å². The normalized spacial score (nSPS) is 46.4. The van der Waals surface area contributed by atoms with E-state index in [1.54, 1.807) is 6.92 Å². The number of aliphatic hydroxyl groups excluding tert-OH is 2. The third-order valence-electron chi connectivity index (χ3n) is 2.32. The summed E-state index contributed by atoms with van der Waals surface area (Å²) >= 11 is 0. The Kier molecular flexibility index (Phi) is 3.63. The van der Waals surface area contributed by atoms with Crippen LogP contribution in [0.15, 0.2) is 0 Å². The minimum absolute atomic E-state index is 0.452. The molecule has 2 N–H and O–H groups in total. The lowest BCUT2D eigenvalue weighted by Crippen LogP contribution is -2.57. The van der Waals surface area contributed by atoms with E-state index in [0.29, 0.717) is 0 Å². The van der Waals surface area contributed by atoms with E-state index in [1.807, 2.05) is 0 Å². The lowest BCUT2D eigenvalue weighted by Gasteiger charge is -2.40. The number of aliphatic hydroxyl groups is 2. The van der Waals surface area contributed by atoms with Gasteiger partial charge in [-0.2, -0.15) is 0 Å². The van der Waals surface area contributed by atoms with Crippen molar-refractivity contribution in [3.05, 3.63) is 0 Å². The second-order valence-electron chi connectivity index (χ2n) is 3.12. The van der Waals surface area contributed by atoms with Crippen molar-refractivity contribution in [1.29, 1.82) is 0 Å². The van der Waals surface area contributed by atoms with Gasteiger partial charge in [0.2, 0.25) is 0 Å². The summed E-state index contributed by atoms with van der Waals surface area (Å²) in [5, 5.41) is 19.0. The highest BCUT2D eigenvalue weighted by atomic mass is 16.7. The van der Waals surface area contributed by atoms with E-state index in [0.717, 1.165) is 0 Å². The molecular formula is C8H16O5. The van der Waals surface area contributed by atoms with Crippen molar-refractivity contribution < 1.29 is 24.4 Å². The SMILES string of the molecule is CO[C@@H]1[C@@H](OC)[C@@H](O)[C@@H](C)O[C@H]1O. The molecule has 5 nitrogen and oxygen atoms in total. The van der Waals surface area contributed by atoms with Gasteiger partial charge in [0.1, 0.15) is 18.3 Å². The van der Waals surface area contributed by atoms with E-state index in [9.17, 15) is 10.2 Å². The van der Waals surface area contributed by atoms with Gasteiger partial charge in [-0.3, -0.25) is 0 Å². The molecule has 1 saturated heterocycles. The molecular weight excluding hydrogens is 176 g/mol. The lowest BCUT2D eigenvalue weighted by molar-refractivity contribution is -0.287. The maximum atomic E-state index is 9.62. The first kappa shape index (κ1) is 10.9. The summed E-state index contributed by atoms with van der Waals surface area (Å²) in [4.78, 5) is 0. The van der Waals surface area contributed by atoms with Crippen LogP contribution in [0.25, 0.3) is 0 Å². The molecule has 13 heavy (non-hydrogen) atoms. The van der Waals surface area contributed by atoms with Crippen molar-refractivity contribution in [3.63, 3.8) is 0 Å². The summed E-state index contributed by atoms with van der Waals surface area (Å²) in [6.07, 6.45) is -3.47. The highest BCUT2D eigenvalue weighted by Crippen LogP contribution is 2.23. The van der Waals surface area contributed by atoms with Crippen LogP contribution in [0.5, 0.6) is 0 Å². The molecule has 0 aromatic rings. The van der Waals surface area contributed by atoms with Crippen LogP contribution < -0.4 is 0 Å². The molecule has 1 aliphatic heterocycles. The van der Waals surface area contributed by atoms with E-state index in [-0.39, 0.29) is 0 Å². The van der Waals surface area contributed by atoms with Crippen LogP contribution >= 0.6 is 0 Å². The lowest BCUT2D eigenvalue weighted by atomic mass is 10.00. The molecule has 5 atom stereocenters. The van der Waals surface area contributed by atoms with Crippen LogP contribution in [0.1, 0.15) is 6.92 Å². The fourth-order valence-corrected chi connectivity index (χ4v) is 1.53. The Morgan fingerprint density at radius 3 is 2.08 bits per heavy atom. The third-order valence-corrected chi connectivity index (χ3v) is 2.32. The molecule has 0 aromatic heterocycles. The predicted molar refractivity (Wildman–Crippen MR) is 44.2 cm³/mol. The fraction of sp³-hybridized carbons (Fsp3) is 1.00. The summed E-state index contributed by atoms with van der Waals surface area (Å²) < 4.78 is 15.0. The van der Waals surface area contributed by atoms with Gasteiger partial charge < -0.3 is 24.4 Å². The average Bonchev–Trinajstić information content (AvgIpc) is 2.10. The molecule has 0 aromatic carbocycles. The topological polar surface area (TPSA) is 68.2 Å². The second-order valence-corrected chi connectivity index (χ2v) is 3.12. The molecule has 1 rings (SSSR count). The fourth-order valence-electron chi connectivity index (χ4n) is 1.53. The highest BCUT2D eigenvalue weighted by molar-refractivity contribution is 4.88. The van der Waals surface area contributed by atoms with Crippen LogP contribution in [0, 0.1) is 0 Å². The van der Waals surface area contributed by atoms with Gasteiger partial charge in [0.05, 0.1) is 6.10 Å². The summed E-state index contributed by atoms with van der Waals surface area (Å²) in [5.41, 5.74) is 0. The average molecular weight is 192 g/mol.